The lowest BCUT2D eigenvalue weighted by atomic mass is 10.0. The Kier molecular flexibility index (Phi) is 451. The topological polar surface area (TPSA) is 0 Å². The van der Waals surface area contributed by atoms with Crippen molar-refractivity contribution in [3.05, 3.63) is 0 Å². The minimum Gasteiger partial charge on any atom is -0.0776 e. The molecule has 27 heavy (non-hydrogen) atoms. The Bertz CT molecular complexity index is 80.2. The quantitative estimate of drug-likeness (QED) is 0.350. The van der Waals surface area contributed by atoms with Crippen LogP contribution in [0.2, 0.25) is 0 Å². The SMILES string of the molecule is C.C.C.C.C.C.C.C.C.C.C.C.C.C.CC(C)CCCCCCCC(C)C. The van der Waals surface area contributed by atoms with Crippen LogP contribution < -0.4 is 0 Å². The Morgan fingerprint density at radius 1 is 0.296 bits per heavy atom. The number of unbranched alkanes of at least 4 members (excludes halogenated alkanes) is 4. The van der Waals surface area contributed by atoms with Gasteiger partial charge in [0.25, 0.3) is 0 Å². The predicted molar refractivity (Wildman–Crippen MR) is 156 cm³/mol. The maximum absolute atomic E-state index is 2.32. The second-order valence-electron chi connectivity index (χ2n) is 5.13. The van der Waals surface area contributed by atoms with Gasteiger partial charge in [-0.25, -0.2) is 0 Å². The highest BCUT2D eigenvalue weighted by Crippen LogP contribution is 2.13. The molecule has 0 bridgehead atoms. The average molecular weight is 409 g/mol. The summed E-state index contributed by atoms with van der Waals surface area (Å²) >= 11 is 0. The van der Waals surface area contributed by atoms with E-state index >= 15 is 0 Å². The summed E-state index contributed by atoms with van der Waals surface area (Å²) in [4.78, 5) is 0. The van der Waals surface area contributed by atoms with Crippen LogP contribution in [0.1, 0.15) is 177 Å². The van der Waals surface area contributed by atoms with E-state index in [1.54, 1.807) is 0 Å². The molecule has 0 aliphatic rings. The van der Waals surface area contributed by atoms with Crippen molar-refractivity contribution in [2.75, 3.05) is 0 Å². The van der Waals surface area contributed by atoms with E-state index in [1.807, 2.05) is 0 Å². The lowest BCUT2D eigenvalue weighted by molar-refractivity contribution is 0.489. The Labute approximate surface area is 188 Å². The third kappa shape index (κ3) is 150. The van der Waals surface area contributed by atoms with Crippen LogP contribution in [0.3, 0.4) is 0 Å². The zero-order valence-corrected chi connectivity index (χ0v) is 10.1. The lowest BCUT2D eigenvalue weighted by Crippen LogP contribution is -1.89. The molecule has 0 nitrogen and oxygen atoms in total. The monoisotopic (exact) mass is 409 g/mol. The molecule has 0 aliphatic heterocycles. The summed E-state index contributed by atoms with van der Waals surface area (Å²) in [6, 6.07) is 0. The molecule has 0 spiro atoms. The van der Waals surface area contributed by atoms with E-state index in [9.17, 15) is 0 Å². The fourth-order valence-corrected chi connectivity index (χ4v) is 1.64. The summed E-state index contributed by atoms with van der Waals surface area (Å²) in [5.41, 5.74) is 0. The number of hydrogen-bond donors (Lipinski definition) is 0. The lowest BCUT2D eigenvalue weighted by Gasteiger charge is -2.05. The molecule has 0 atom stereocenters. The van der Waals surface area contributed by atoms with Gasteiger partial charge in [0.05, 0.1) is 0 Å². The molecule has 0 saturated heterocycles. The maximum atomic E-state index is 2.32. The minimum atomic E-state index is 0. The van der Waals surface area contributed by atoms with E-state index in [0.29, 0.717) is 0 Å². The van der Waals surface area contributed by atoms with Crippen molar-refractivity contribution in [3.8, 4) is 0 Å². The molecular weight excluding hydrogens is 324 g/mol. The van der Waals surface area contributed by atoms with Crippen LogP contribution in [0.4, 0.5) is 0 Å². The Balaban J connectivity index is -0.00000000791. The van der Waals surface area contributed by atoms with Gasteiger partial charge in [0.15, 0.2) is 0 Å². The number of rotatable bonds is 8. The zero-order valence-electron chi connectivity index (χ0n) is 10.1. The molecular formula is C27H84. The third-order valence-electron chi connectivity index (χ3n) is 2.56. The molecule has 0 heterocycles. The third-order valence-corrected chi connectivity index (χ3v) is 2.56. The van der Waals surface area contributed by atoms with E-state index in [0.717, 1.165) is 11.8 Å². The first-order valence-corrected chi connectivity index (χ1v) is 6.13. The fraction of sp³-hybridized carbons (Fsp3) is 1.00. The van der Waals surface area contributed by atoms with Crippen molar-refractivity contribution in [2.45, 2.75) is 177 Å². The van der Waals surface area contributed by atoms with Gasteiger partial charge in [-0.1, -0.05) is 177 Å². The highest BCUT2D eigenvalue weighted by Gasteiger charge is 1.96. The van der Waals surface area contributed by atoms with Crippen LogP contribution in [0.15, 0.2) is 0 Å². The first-order chi connectivity index (χ1) is 6.13. The van der Waals surface area contributed by atoms with Crippen LogP contribution in [0.25, 0.3) is 0 Å². The van der Waals surface area contributed by atoms with Crippen molar-refractivity contribution in [1.29, 1.82) is 0 Å². The largest absolute Gasteiger partial charge is 0.0776 e. The van der Waals surface area contributed by atoms with Crippen molar-refractivity contribution in [3.63, 3.8) is 0 Å². The van der Waals surface area contributed by atoms with Crippen molar-refractivity contribution >= 4 is 0 Å². The van der Waals surface area contributed by atoms with Gasteiger partial charge in [-0.3, -0.25) is 0 Å². The summed E-state index contributed by atoms with van der Waals surface area (Å²) in [5.74, 6) is 1.80. The minimum absolute atomic E-state index is 0. The molecule has 0 aromatic rings. The van der Waals surface area contributed by atoms with Crippen molar-refractivity contribution in [1.82, 2.24) is 0 Å². The molecule has 0 saturated carbocycles. The van der Waals surface area contributed by atoms with E-state index in [-0.39, 0.29) is 104 Å². The standard InChI is InChI=1S/C13H28.14CH4/c1-12(2)10-8-6-5-7-9-11-13(3)4;;;;;;;;;;;;;;/h12-13H,5-11H2,1-4H3;14*1H4. The van der Waals surface area contributed by atoms with E-state index < -0.39 is 0 Å². The summed E-state index contributed by atoms with van der Waals surface area (Å²) in [5, 5.41) is 0. The maximum Gasteiger partial charge on any atom is -0.0471 e. The van der Waals surface area contributed by atoms with Crippen LogP contribution >= 0.6 is 0 Å². The van der Waals surface area contributed by atoms with Gasteiger partial charge < -0.3 is 0 Å². The Morgan fingerprint density at radius 2 is 0.444 bits per heavy atom. The van der Waals surface area contributed by atoms with Crippen LogP contribution in [-0.4, -0.2) is 0 Å². The van der Waals surface area contributed by atoms with E-state index in [4.69, 9.17) is 0 Å². The van der Waals surface area contributed by atoms with E-state index in [1.165, 1.54) is 44.9 Å². The molecule has 0 rings (SSSR count). The summed E-state index contributed by atoms with van der Waals surface area (Å²) < 4.78 is 0. The zero-order chi connectivity index (χ0) is 10.1. The highest BCUT2D eigenvalue weighted by atomic mass is 14.0. The molecule has 0 aliphatic carbocycles. The Hall–Kier alpha value is 0. The molecule has 0 aromatic heterocycles. The molecule has 192 valence electrons. The molecule has 0 unspecified atom stereocenters. The molecule has 0 aromatic carbocycles. The van der Waals surface area contributed by atoms with Gasteiger partial charge in [0.1, 0.15) is 0 Å². The summed E-state index contributed by atoms with van der Waals surface area (Å²) in [7, 11) is 0. The van der Waals surface area contributed by atoms with Gasteiger partial charge in [0.2, 0.25) is 0 Å². The van der Waals surface area contributed by atoms with Crippen molar-refractivity contribution in [2.24, 2.45) is 11.8 Å². The summed E-state index contributed by atoms with van der Waals surface area (Å²) in [6.45, 7) is 9.27. The second kappa shape index (κ2) is 96.2. The van der Waals surface area contributed by atoms with Gasteiger partial charge in [0, 0.05) is 0 Å². The van der Waals surface area contributed by atoms with Crippen molar-refractivity contribution < 1.29 is 0 Å². The molecule has 0 heteroatoms. The summed E-state index contributed by atoms with van der Waals surface area (Å²) in [6.07, 6.45) is 10.1. The smallest absolute Gasteiger partial charge is 0.0471 e. The van der Waals surface area contributed by atoms with Crippen LogP contribution in [0, 0.1) is 11.8 Å². The fourth-order valence-electron chi connectivity index (χ4n) is 1.64. The normalized spacial score (nSPS) is 5.56. The van der Waals surface area contributed by atoms with Crippen LogP contribution in [-0.2, 0) is 0 Å². The van der Waals surface area contributed by atoms with Gasteiger partial charge >= 0.3 is 0 Å². The average Bonchev–Trinajstić information content (AvgIpc) is 2.01. The predicted octanol–water partition coefficient (Wildman–Crippen LogP) is 13.9. The number of hydrogen-bond acceptors (Lipinski definition) is 0. The van der Waals surface area contributed by atoms with Gasteiger partial charge in [-0.15, -0.1) is 0 Å². The van der Waals surface area contributed by atoms with Crippen LogP contribution in [0.5, 0.6) is 0 Å². The Morgan fingerprint density at radius 3 is 0.593 bits per heavy atom. The second-order valence-corrected chi connectivity index (χ2v) is 5.13. The molecule has 0 amide bonds. The molecule has 0 N–H and O–H groups in total. The first kappa shape index (κ1) is 127. The van der Waals surface area contributed by atoms with Gasteiger partial charge in [-0.05, 0) is 11.8 Å². The molecule has 0 fully saturated rings. The highest BCUT2D eigenvalue weighted by molar-refractivity contribution is 4.50. The van der Waals surface area contributed by atoms with E-state index in [2.05, 4.69) is 27.7 Å². The molecule has 0 radical (unpaired) electrons. The van der Waals surface area contributed by atoms with Gasteiger partial charge in [-0.2, -0.15) is 0 Å². The first-order valence-electron chi connectivity index (χ1n) is 6.13.